The monoisotopic (exact) mass is 264 g/mol. The lowest BCUT2D eigenvalue weighted by molar-refractivity contribution is 0.0697. The topological polar surface area (TPSA) is 86.8 Å². The molecule has 0 aromatic heterocycles. The van der Waals surface area contributed by atoms with Gasteiger partial charge in [0.2, 0.25) is 0 Å². The van der Waals surface area contributed by atoms with Crippen molar-refractivity contribution >= 4 is 17.3 Å². The number of hydrogen-bond donors (Lipinski definition) is 3. The molecule has 104 valence electrons. The molecule has 1 aromatic carbocycles. The van der Waals surface area contributed by atoms with E-state index in [0.29, 0.717) is 11.4 Å². The van der Waals surface area contributed by atoms with E-state index in [1.165, 1.54) is 0 Å². The zero-order valence-electron chi connectivity index (χ0n) is 10.9. The Balaban J connectivity index is 2.32. The van der Waals surface area contributed by atoms with Crippen LogP contribution in [0.1, 0.15) is 36.0 Å². The molecule has 1 saturated heterocycles. The van der Waals surface area contributed by atoms with Gasteiger partial charge in [-0.15, -0.1) is 0 Å². The van der Waals surface area contributed by atoms with Crippen molar-refractivity contribution in [3.63, 3.8) is 0 Å². The van der Waals surface area contributed by atoms with Gasteiger partial charge in [0.1, 0.15) is 0 Å². The number of aliphatic hydroxyl groups excluding tert-OH is 1. The smallest absolute Gasteiger partial charge is 0.337 e. The van der Waals surface area contributed by atoms with E-state index in [-0.39, 0.29) is 18.2 Å². The first-order chi connectivity index (χ1) is 9.15. The number of anilines is 2. The number of carboxylic acids is 1. The number of carbonyl (C=O) groups is 1. The third kappa shape index (κ3) is 2.81. The van der Waals surface area contributed by atoms with Crippen LogP contribution in [0.25, 0.3) is 0 Å². The van der Waals surface area contributed by atoms with Crippen molar-refractivity contribution in [2.45, 2.75) is 31.7 Å². The number of nitrogens with zero attached hydrogens (tertiary/aromatic N) is 1. The van der Waals surface area contributed by atoms with Gasteiger partial charge in [-0.25, -0.2) is 4.79 Å². The Hall–Kier alpha value is -1.75. The van der Waals surface area contributed by atoms with Gasteiger partial charge < -0.3 is 20.8 Å². The molecule has 4 N–H and O–H groups in total. The molecule has 1 aromatic rings. The summed E-state index contributed by atoms with van der Waals surface area (Å²) in [5.74, 6) is -0.949. The Bertz CT molecular complexity index is 462. The van der Waals surface area contributed by atoms with Crippen molar-refractivity contribution in [3.05, 3.63) is 23.8 Å². The second-order valence-corrected chi connectivity index (χ2v) is 4.90. The first-order valence-corrected chi connectivity index (χ1v) is 6.64. The Morgan fingerprint density at radius 3 is 2.95 bits per heavy atom. The largest absolute Gasteiger partial charge is 0.478 e. The highest BCUT2D eigenvalue weighted by Gasteiger charge is 2.28. The van der Waals surface area contributed by atoms with E-state index < -0.39 is 5.97 Å². The summed E-state index contributed by atoms with van der Waals surface area (Å²) in [7, 11) is 0. The second kappa shape index (κ2) is 5.93. The van der Waals surface area contributed by atoms with E-state index >= 15 is 0 Å². The van der Waals surface area contributed by atoms with Gasteiger partial charge in [0, 0.05) is 19.2 Å². The Morgan fingerprint density at radius 2 is 2.26 bits per heavy atom. The van der Waals surface area contributed by atoms with Crippen LogP contribution in [0.5, 0.6) is 0 Å². The molecular formula is C14H20N2O3. The number of rotatable bonds is 5. The fraction of sp³-hybridized carbons (Fsp3) is 0.500. The minimum Gasteiger partial charge on any atom is -0.478 e. The molecule has 1 unspecified atom stereocenters. The van der Waals surface area contributed by atoms with Gasteiger partial charge >= 0.3 is 5.97 Å². The zero-order chi connectivity index (χ0) is 13.8. The van der Waals surface area contributed by atoms with Crippen molar-refractivity contribution < 1.29 is 15.0 Å². The lowest BCUT2D eigenvalue weighted by Crippen LogP contribution is -2.31. The minimum absolute atomic E-state index is 0.167. The molecule has 0 aliphatic carbocycles. The zero-order valence-corrected chi connectivity index (χ0v) is 10.9. The normalized spacial score (nSPS) is 18.8. The molecule has 5 nitrogen and oxygen atoms in total. The maximum absolute atomic E-state index is 11.3. The minimum atomic E-state index is -0.949. The predicted molar refractivity (Wildman–Crippen MR) is 74.5 cm³/mol. The van der Waals surface area contributed by atoms with Gasteiger partial charge in [-0.2, -0.15) is 0 Å². The predicted octanol–water partition coefficient (Wildman–Crippen LogP) is 1.71. The molecule has 19 heavy (non-hydrogen) atoms. The van der Waals surface area contributed by atoms with Gasteiger partial charge in [-0.1, -0.05) is 6.07 Å². The molecule has 1 atom stereocenters. The van der Waals surface area contributed by atoms with Crippen LogP contribution < -0.4 is 10.6 Å². The standard InChI is InChI=1S/C14H20N2O3/c15-12-7-1-6-11(14(18)19)13(12)16-8-2-4-10(16)5-3-9-17/h1,6-7,10,17H,2-5,8-9,15H2,(H,18,19). The Morgan fingerprint density at radius 1 is 1.47 bits per heavy atom. The average molecular weight is 264 g/mol. The van der Waals surface area contributed by atoms with E-state index in [0.717, 1.165) is 32.2 Å². The summed E-state index contributed by atoms with van der Waals surface area (Å²) in [6, 6.07) is 5.27. The number of para-hydroxylation sites is 1. The third-order valence-corrected chi connectivity index (χ3v) is 3.66. The molecule has 0 radical (unpaired) electrons. The van der Waals surface area contributed by atoms with Crippen molar-refractivity contribution in [3.8, 4) is 0 Å². The van der Waals surface area contributed by atoms with E-state index in [2.05, 4.69) is 4.90 Å². The molecule has 0 bridgehead atoms. The number of nitrogens with two attached hydrogens (primary N) is 1. The van der Waals surface area contributed by atoms with Crippen molar-refractivity contribution in [2.24, 2.45) is 0 Å². The van der Waals surface area contributed by atoms with Crippen molar-refractivity contribution in [1.29, 1.82) is 0 Å². The van der Waals surface area contributed by atoms with E-state index in [1.807, 2.05) is 0 Å². The number of aromatic carboxylic acids is 1. The van der Waals surface area contributed by atoms with Gasteiger partial charge in [0.25, 0.3) is 0 Å². The Labute approximate surface area is 112 Å². The van der Waals surface area contributed by atoms with Gasteiger partial charge in [0.05, 0.1) is 16.9 Å². The van der Waals surface area contributed by atoms with Crippen LogP contribution in [0.3, 0.4) is 0 Å². The highest BCUT2D eigenvalue weighted by atomic mass is 16.4. The summed E-state index contributed by atoms with van der Waals surface area (Å²) in [6.45, 7) is 0.991. The molecule has 2 rings (SSSR count). The summed E-state index contributed by atoms with van der Waals surface area (Å²) in [5.41, 5.74) is 7.38. The van der Waals surface area contributed by atoms with E-state index in [4.69, 9.17) is 10.8 Å². The van der Waals surface area contributed by atoms with Crippen LogP contribution in [-0.2, 0) is 0 Å². The fourth-order valence-electron chi connectivity index (χ4n) is 2.81. The highest BCUT2D eigenvalue weighted by molar-refractivity contribution is 5.98. The first kappa shape index (κ1) is 13.7. The molecule has 0 spiro atoms. The van der Waals surface area contributed by atoms with Crippen molar-refractivity contribution in [1.82, 2.24) is 0 Å². The lowest BCUT2D eigenvalue weighted by Gasteiger charge is -2.29. The van der Waals surface area contributed by atoms with Crippen LogP contribution in [0.4, 0.5) is 11.4 Å². The molecule has 0 saturated carbocycles. The summed E-state index contributed by atoms with van der Waals surface area (Å²) in [4.78, 5) is 13.4. The number of hydrogen-bond acceptors (Lipinski definition) is 4. The van der Waals surface area contributed by atoms with Crippen LogP contribution in [-0.4, -0.2) is 35.4 Å². The van der Waals surface area contributed by atoms with E-state index in [1.54, 1.807) is 18.2 Å². The summed E-state index contributed by atoms with van der Waals surface area (Å²) >= 11 is 0. The maximum atomic E-state index is 11.3. The third-order valence-electron chi connectivity index (χ3n) is 3.66. The molecule has 0 amide bonds. The lowest BCUT2D eigenvalue weighted by atomic mass is 10.1. The highest BCUT2D eigenvalue weighted by Crippen LogP contribution is 2.35. The van der Waals surface area contributed by atoms with E-state index in [9.17, 15) is 9.90 Å². The molecule has 1 fully saturated rings. The summed E-state index contributed by atoms with van der Waals surface area (Å²) in [6.07, 6.45) is 3.65. The van der Waals surface area contributed by atoms with Crippen LogP contribution >= 0.6 is 0 Å². The Kier molecular flexibility index (Phi) is 4.27. The molecule has 1 aliphatic rings. The maximum Gasteiger partial charge on any atom is 0.337 e. The molecular weight excluding hydrogens is 244 g/mol. The fourth-order valence-corrected chi connectivity index (χ4v) is 2.81. The molecule has 1 heterocycles. The van der Waals surface area contributed by atoms with Gasteiger partial charge in [-0.05, 0) is 37.8 Å². The molecule has 1 aliphatic heterocycles. The number of nitrogen functional groups attached to an aromatic ring is 1. The first-order valence-electron chi connectivity index (χ1n) is 6.64. The number of aliphatic hydroxyl groups is 1. The SMILES string of the molecule is Nc1cccc(C(=O)O)c1N1CCCC1CCCO. The van der Waals surface area contributed by atoms with Gasteiger partial charge in [-0.3, -0.25) is 0 Å². The average Bonchev–Trinajstić information content (AvgIpc) is 2.83. The van der Waals surface area contributed by atoms with Crippen molar-refractivity contribution in [2.75, 3.05) is 23.8 Å². The quantitative estimate of drug-likeness (QED) is 0.705. The van der Waals surface area contributed by atoms with Crippen LogP contribution in [0.2, 0.25) is 0 Å². The second-order valence-electron chi connectivity index (χ2n) is 4.90. The summed E-state index contributed by atoms with van der Waals surface area (Å²) in [5, 5.41) is 18.2. The number of carboxylic acid groups (broad SMARTS) is 1. The van der Waals surface area contributed by atoms with Crippen LogP contribution in [0.15, 0.2) is 18.2 Å². The number of benzene rings is 1. The molecule has 5 heteroatoms. The van der Waals surface area contributed by atoms with Gasteiger partial charge in [0.15, 0.2) is 0 Å². The van der Waals surface area contributed by atoms with Crippen LogP contribution in [0, 0.1) is 0 Å². The summed E-state index contributed by atoms with van der Waals surface area (Å²) < 4.78 is 0.